The molecular weight excluding hydrogens is 526 g/mol. The van der Waals surface area contributed by atoms with E-state index < -0.39 is 12.1 Å². The van der Waals surface area contributed by atoms with Crippen LogP contribution in [0.3, 0.4) is 0 Å². The van der Waals surface area contributed by atoms with Crippen molar-refractivity contribution in [1.29, 1.82) is 5.26 Å². The van der Waals surface area contributed by atoms with Gasteiger partial charge in [-0.2, -0.15) is 10.4 Å². The van der Waals surface area contributed by atoms with Gasteiger partial charge in [0.2, 0.25) is 5.91 Å². The van der Waals surface area contributed by atoms with Crippen LogP contribution in [0.25, 0.3) is 0 Å². The number of anilines is 2. The molecule has 0 aromatic carbocycles. The molecule has 3 saturated heterocycles. The highest BCUT2D eigenvalue weighted by Crippen LogP contribution is 2.53. The van der Waals surface area contributed by atoms with Gasteiger partial charge in [-0.3, -0.25) is 14.4 Å². The van der Waals surface area contributed by atoms with Crippen LogP contribution in [0.1, 0.15) is 42.1 Å². The van der Waals surface area contributed by atoms with Crippen molar-refractivity contribution in [2.75, 3.05) is 55.6 Å². The number of nitrogens with zero attached hydrogens (tertiary/aromatic N) is 8. The molecule has 1 amide bonds. The van der Waals surface area contributed by atoms with Crippen molar-refractivity contribution in [2.24, 2.45) is 13.0 Å². The number of alkyl halides is 2. The number of piperazine rings is 1. The highest BCUT2D eigenvalue weighted by atomic mass is 35.5. The Morgan fingerprint density at radius 1 is 1.26 bits per heavy atom. The average molecular weight is 557 g/mol. The minimum atomic E-state index is -2.84. The highest BCUT2D eigenvalue weighted by Gasteiger charge is 2.52. The van der Waals surface area contributed by atoms with Gasteiger partial charge in [0.15, 0.2) is 0 Å². The third-order valence-corrected chi connectivity index (χ3v) is 9.13. The molecule has 2 aromatic rings. The molecule has 3 atom stereocenters. The highest BCUT2D eigenvalue weighted by molar-refractivity contribution is 6.31. The van der Waals surface area contributed by atoms with E-state index in [4.69, 9.17) is 11.6 Å². The fraction of sp³-hybridized carbons (Fsp3) is 0.556. The summed E-state index contributed by atoms with van der Waals surface area (Å²) >= 11 is 6.42. The molecule has 12 heteroatoms. The molecule has 9 nitrogen and oxygen atoms in total. The van der Waals surface area contributed by atoms with Crippen LogP contribution in [0.5, 0.6) is 0 Å². The second-order valence-corrected chi connectivity index (χ2v) is 11.3. The second kappa shape index (κ2) is 10.1. The molecule has 6 rings (SSSR count). The number of piperidine rings is 1. The van der Waals surface area contributed by atoms with Crippen LogP contribution in [0.4, 0.5) is 20.3 Å². The van der Waals surface area contributed by atoms with Gasteiger partial charge >= 0.3 is 0 Å². The summed E-state index contributed by atoms with van der Waals surface area (Å²) in [5, 5.41) is 14.8. The van der Waals surface area contributed by atoms with Gasteiger partial charge < -0.3 is 14.7 Å². The molecule has 1 aliphatic carbocycles. The number of aryl methyl sites for hydroxylation is 1. The first-order chi connectivity index (χ1) is 18.8. The summed E-state index contributed by atoms with van der Waals surface area (Å²) in [5.74, 6) is 1.10. The van der Waals surface area contributed by atoms with Gasteiger partial charge in [0.25, 0.3) is 6.43 Å². The molecule has 3 unspecified atom stereocenters. The second-order valence-electron chi connectivity index (χ2n) is 10.9. The number of carbonyl (C=O) groups is 1. The number of halogens is 3. The van der Waals surface area contributed by atoms with Crippen LogP contribution in [-0.2, 0) is 11.8 Å². The first kappa shape index (κ1) is 26.0. The van der Waals surface area contributed by atoms with Crippen LogP contribution < -0.4 is 9.80 Å². The van der Waals surface area contributed by atoms with Gasteiger partial charge in [0, 0.05) is 76.9 Å². The van der Waals surface area contributed by atoms with Crippen molar-refractivity contribution in [1.82, 2.24) is 24.6 Å². The Kier molecular flexibility index (Phi) is 6.71. The van der Waals surface area contributed by atoms with E-state index in [1.165, 1.54) is 6.08 Å². The van der Waals surface area contributed by atoms with E-state index in [1.54, 1.807) is 11.1 Å². The van der Waals surface area contributed by atoms with Gasteiger partial charge in [-0.15, -0.1) is 0 Å². The van der Waals surface area contributed by atoms with Crippen molar-refractivity contribution in [3.8, 4) is 6.07 Å². The van der Waals surface area contributed by atoms with Crippen LogP contribution >= 0.6 is 11.6 Å². The zero-order chi connectivity index (χ0) is 27.4. The molecule has 2 aromatic heterocycles. The summed E-state index contributed by atoms with van der Waals surface area (Å²) in [7, 11) is 1.90. The number of rotatable bonds is 6. The Morgan fingerprint density at radius 2 is 2.00 bits per heavy atom. The smallest absolute Gasteiger partial charge is 0.281 e. The molecule has 3 aliphatic heterocycles. The van der Waals surface area contributed by atoms with Gasteiger partial charge in [0.1, 0.15) is 23.1 Å². The number of fused-ring (bicyclic) bond motifs is 1. The van der Waals surface area contributed by atoms with Crippen molar-refractivity contribution < 1.29 is 13.6 Å². The maximum atomic E-state index is 14.1. The lowest BCUT2D eigenvalue weighted by atomic mass is 9.92. The summed E-state index contributed by atoms with van der Waals surface area (Å²) in [6.07, 6.45) is 1.94. The molecular formula is C27H31ClF2N8O. The predicted molar refractivity (Wildman–Crippen MR) is 143 cm³/mol. The topological polar surface area (TPSA) is 84.5 Å². The van der Waals surface area contributed by atoms with Crippen LogP contribution in [0.2, 0.25) is 5.02 Å². The number of nitriles is 1. The summed E-state index contributed by atoms with van der Waals surface area (Å²) in [5.41, 5.74) is 1.08. The van der Waals surface area contributed by atoms with Crippen LogP contribution in [0.15, 0.2) is 24.9 Å². The van der Waals surface area contributed by atoms with Gasteiger partial charge in [-0.05, 0) is 24.8 Å². The first-order valence-electron chi connectivity index (χ1n) is 13.4. The number of hydrogen-bond acceptors (Lipinski definition) is 7. The summed E-state index contributed by atoms with van der Waals surface area (Å²) in [6.45, 7) is 8.31. The Morgan fingerprint density at radius 3 is 2.62 bits per heavy atom. The SMILES string of the molecule is C=CC(=O)N1CCN(C2CN(c3cc(N4CCC(c5c(Cl)cnn5C)C5CC54)nc(C(F)F)c3C#N)C2)CC1. The monoisotopic (exact) mass is 556 g/mol. The summed E-state index contributed by atoms with van der Waals surface area (Å²) in [4.78, 5) is 24.5. The lowest BCUT2D eigenvalue weighted by Crippen LogP contribution is -2.63. The molecule has 206 valence electrons. The van der Waals surface area contributed by atoms with E-state index in [-0.39, 0.29) is 29.5 Å². The largest absolute Gasteiger partial charge is 0.367 e. The predicted octanol–water partition coefficient (Wildman–Crippen LogP) is 3.18. The zero-order valence-corrected chi connectivity index (χ0v) is 22.6. The Hall–Kier alpha value is -3.23. The van der Waals surface area contributed by atoms with E-state index in [0.717, 1.165) is 31.6 Å². The molecule has 0 radical (unpaired) electrons. The maximum Gasteiger partial charge on any atom is 0.281 e. The Balaban J connectivity index is 1.19. The van der Waals surface area contributed by atoms with Crippen molar-refractivity contribution in [2.45, 2.75) is 37.3 Å². The molecule has 4 aliphatic rings. The zero-order valence-electron chi connectivity index (χ0n) is 21.8. The van der Waals surface area contributed by atoms with Crippen LogP contribution in [0, 0.1) is 17.2 Å². The maximum absolute atomic E-state index is 14.1. The Bertz CT molecular complexity index is 1310. The fourth-order valence-corrected chi connectivity index (χ4v) is 6.94. The van der Waals surface area contributed by atoms with Crippen molar-refractivity contribution in [3.05, 3.63) is 46.9 Å². The number of amides is 1. The van der Waals surface area contributed by atoms with E-state index in [9.17, 15) is 18.8 Å². The molecule has 0 spiro atoms. The van der Waals surface area contributed by atoms with Crippen LogP contribution in [-0.4, -0.2) is 88.4 Å². The van der Waals surface area contributed by atoms with E-state index in [1.807, 2.05) is 28.8 Å². The summed E-state index contributed by atoms with van der Waals surface area (Å²) < 4.78 is 30.1. The lowest BCUT2D eigenvalue weighted by molar-refractivity contribution is -0.128. The third-order valence-electron chi connectivity index (χ3n) is 8.84. The first-order valence-corrected chi connectivity index (χ1v) is 13.8. The molecule has 1 saturated carbocycles. The molecule has 5 heterocycles. The number of carbonyl (C=O) groups excluding carboxylic acids is 1. The van der Waals surface area contributed by atoms with Gasteiger partial charge in [-0.1, -0.05) is 18.2 Å². The Labute approximate surface area is 231 Å². The number of pyridine rings is 1. The fourth-order valence-electron chi connectivity index (χ4n) is 6.64. The standard InChI is InChI=1S/C27H31ClF2N8O/c1-3-24(39)36-8-6-35(7-9-36)16-14-37(15-16)21-11-23(33-25(27(29)30)19(21)12-31)38-5-4-17(18-10-22(18)38)26-20(28)13-32-34(26)2/h3,11,13,16-18,22,27H,1,4-10,14-15H2,2H3. The number of aromatic nitrogens is 3. The van der Waals surface area contributed by atoms with E-state index in [0.29, 0.717) is 55.2 Å². The third kappa shape index (κ3) is 4.53. The normalized spacial score (nSPS) is 25.3. The molecule has 4 fully saturated rings. The minimum Gasteiger partial charge on any atom is -0.367 e. The molecule has 0 bridgehead atoms. The average Bonchev–Trinajstić information content (AvgIpc) is 3.65. The van der Waals surface area contributed by atoms with Gasteiger partial charge in [-0.25, -0.2) is 13.8 Å². The quantitative estimate of drug-likeness (QED) is 0.505. The number of hydrogen-bond donors (Lipinski definition) is 0. The van der Waals surface area contributed by atoms with Crippen molar-refractivity contribution in [3.63, 3.8) is 0 Å². The van der Waals surface area contributed by atoms with E-state index in [2.05, 4.69) is 26.5 Å². The van der Waals surface area contributed by atoms with E-state index >= 15 is 0 Å². The van der Waals surface area contributed by atoms with Gasteiger partial charge in [0.05, 0.1) is 22.6 Å². The molecule has 39 heavy (non-hydrogen) atoms. The summed E-state index contributed by atoms with van der Waals surface area (Å²) in [6, 6.07) is 4.28. The molecule has 0 N–H and O–H groups in total. The van der Waals surface area contributed by atoms with Crippen molar-refractivity contribution >= 4 is 29.0 Å². The minimum absolute atomic E-state index is 0.0440. The lowest BCUT2D eigenvalue weighted by Gasteiger charge is -2.49.